The average molecular weight is 620 g/mol. The monoisotopic (exact) mass is 618 g/mol. The van der Waals surface area contributed by atoms with E-state index in [9.17, 15) is 13.2 Å². The van der Waals surface area contributed by atoms with Crippen molar-refractivity contribution in [2.45, 2.75) is 30.4 Å². The lowest BCUT2D eigenvalue weighted by Crippen LogP contribution is -2.45. The van der Waals surface area contributed by atoms with Gasteiger partial charge in [-0.1, -0.05) is 29.0 Å². The first-order valence-corrected chi connectivity index (χ1v) is 16.1. The van der Waals surface area contributed by atoms with Crippen molar-refractivity contribution in [3.8, 4) is 0 Å². The third kappa shape index (κ3) is 6.52. The first-order chi connectivity index (χ1) is 17.8. The van der Waals surface area contributed by atoms with Crippen molar-refractivity contribution in [2.75, 3.05) is 57.4 Å². The van der Waals surface area contributed by atoms with Gasteiger partial charge in [-0.05, 0) is 55.3 Å². The molecule has 38 heavy (non-hydrogen) atoms. The number of ether oxygens (including phenoxy) is 1. The van der Waals surface area contributed by atoms with Crippen LogP contribution in [-0.2, 0) is 19.6 Å². The summed E-state index contributed by atoms with van der Waals surface area (Å²) < 4.78 is 34.2. The second kappa shape index (κ2) is 12.9. The lowest BCUT2D eigenvalue weighted by molar-refractivity contribution is -0.123. The molecule has 0 spiro atoms. The summed E-state index contributed by atoms with van der Waals surface area (Å²) in [4.78, 5) is 22.9. The number of aromatic nitrogens is 1. The number of thiazole rings is 1. The summed E-state index contributed by atoms with van der Waals surface area (Å²) in [6.07, 6.45) is 1.82. The summed E-state index contributed by atoms with van der Waals surface area (Å²) in [5.74, 6) is -0.215. The van der Waals surface area contributed by atoms with E-state index in [-0.39, 0.29) is 24.2 Å². The maximum absolute atomic E-state index is 13.9. The Morgan fingerprint density at radius 1 is 1.21 bits per heavy atom. The van der Waals surface area contributed by atoms with Gasteiger partial charge >= 0.3 is 0 Å². The number of rotatable bonds is 8. The number of carbonyl (C=O) groups is 1. The highest BCUT2D eigenvalue weighted by Crippen LogP contribution is 2.35. The van der Waals surface area contributed by atoms with Crippen LogP contribution in [0.25, 0.3) is 10.2 Å². The number of hydrogen-bond acceptors (Lipinski definition) is 8. The van der Waals surface area contributed by atoms with Gasteiger partial charge in [0, 0.05) is 50.2 Å². The molecular formula is C25H32Cl2N4O4S3. The predicted octanol–water partition coefficient (Wildman–Crippen LogP) is 4.90. The molecule has 2 saturated heterocycles. The number of aryl methyl sites for hydroxylation is 1. The molecule has 0 bridgehead atoms. The molecule has 1 amide bonds. The molecule has 2 aromatic heterocycles. The molecule has 0 atom stereocenters. The van der Waals surface area contributed by atoms with Crippen LogP contribution in [0.5, 0.6) is 0 Å². The Kier molecular flexibility index (Phi) is 10.1. The third-order valence-corrected chi connectivity index (χ3v) is 11.5. The van der Waals surface area contributed by atoms with E-state index in [1.165, 1.54) is 27.0 Å². The van der Waals surface area contributed by atoms with Crippen molar-refractivity contribution in [1.29, 1.82) is 0 Å². The van der Waals surface area contributed by atoms with Crippen LogP contribution in [0, 0.1) is 12.8 Å². The fourth-order valence-corrected chi connectivity index (χ4v) is 9.00. The van der Waals surface area contributed by atoms with Gasteiger partial charge in [0.05, 0.1) is 23.4 Å². The van der Waals surface area contributed by atoms with Gasteiger partial charge in [0.25, 0.3) is 10.0 Å². The Hall–Kier alpha value is -1.31. The molecule has 2 aliphatic heterocycles. The highest BCUT2D eigenvalue weighted by Gasteiger charge is 2.35. The number of benzene rings is 1. The number of morpholine rings is 1. The van der Waals surface area contributed by atoms with Crippen LogP contribution in [0.3, 0.4) is 0 Å². The van der Waals surface area contributed by atoms with Crippen LogP contribution in [0.2, 0.25) is 5.02 Å². The van der Waals surface area contributed by atoms with Crippen LogP contribution in [-0.4, -0.2) is 81.0 Å². The smallest absolute Gasteiger partial charge is 0.252 e. The van der Waals surface area contributed by atoms with E-state index in [1.807, 2.05) is 24.0 Å². The van der Waals surface area contributed by atoms with Crippen LogP contribution in [0.15, 0.2) is 33.9 Å². The van der Waals surface area contributed by atoms with Gasteiger partial charge in [-0.25, -0.2) is 13.4 Å². The second-order valence-corrected chi connectivity index (χ2v) is 14.0. The first kappa shape index (κ1) is 29.7. The van der Waals surface area contributed by atoms with E-state index in [0.29, 0.717) is 46.8 Å². The Bertz CT molecular complexity index is 1340. The SMILES string of the molecule is Cc1cc(Cl)cc2sc(N(CCCN3CCOCC3)C(=O)C3CCN(S(=O)(=O)c4cccs4)CC3)nc12.Cl. The Labute approximate surface area is 243 Å². The van der Waals surface area contributed by atoms with Crippen molar-refractivity contribution in [1.82, 2.24) is 14.2 Å². The minimum absolute atomic E-state index is 0. The van der Waals surface area contributed by atoms with Crippen LogP contribution in [0.4, 0.5) is 5.13 Å². The van der Waals surface area contributed by atoms with Crippen molar-refractivity contribution >= 4 is 78.0 Å². The topological polar surface area (TPSA) is 83.0 Å². The number of anilines is 1. The molecular weight excluding hydrogens is 587 g/mol. The number of sulfonamides is 1. The largest absolute Gasteiger partial charge is 0.379 e. The molecule has 4 heterocycles. The fraction of sp³-hybridized carbons (Fsp3) is 0.520. The standard InChI is InChI=1S/C25H31ClN4O4S3.ClH/c1-18-16-20(26)17-21-23(18)27-25(36-21)30(8-3-7-28-11-13-34-14-12-28)24(31)19-5-9-29(10-6-19)37(32,33)22-4-2-15-35-22;/h2,4,15-17,19H,3,5-14H2,1H3;1H. The molecule has 2 aliphatic rings. The third-order valence-electron chi connectivity index (χ3n) is 6.99. The molecule has 5 rings (SSSR count). The summed E-state index contributed by atoms with van der Waals surface area (Å²) in [6.45, 7) is 7.41. The number of thiophene rings is 1. The number of amides is 1. The van der Waals surface area contributed by atoms with Crippen molar-refractivity contribution in [3.05, 3.63) is 40.2 Å². The van der Waals surface area contributed by atoms with E-state index < -0.39 is 10.0 Å². The lowest BCUT2D eigenvalue weighted by Gasteiger charge is -2.33. The average Bonchev–Trinajstić information content (AvgIpc) is 3.58. The molecule has 0 unspecified atom stereocenters. The molecule has 3 aromatic rings. The summed E-state index contributed by atoms with van der Waals surface area (Å²) >= 11 is 8.99. The number of nitrogens with zero attached hydrogens (tertiary/aromatic N) is 4. The maximum Gasteiger partial charge on any atom is 0.252 e. The predicted molar refractivity (Wildman–Crippen MR) is 157 cm³/mol. The quantitative estimate of drug-likeness (QED) is 0.357. The molecule has 0 radical (unpaired) electrons. The molecule has 13 heteroatoms. The number of piperidine rings is 1. The van der Waals surface area contributed by atoms with Gasteiger partial charge in [-0.3, -0.25) is 14.6 Å². The lowest BCUT2D eigenvalue weighted by atomic mass is 9.96. The Balaban J connectivity index is 0.00000336. The van der Waals surface area contributed by atoms with E-state index in [1.54, 1.807) is 17.5 Å². The fourth-order valence-electron chi connectivity index (χ4n) is 4.94. The zero-order valence-corrected chi connectivity index (χ0v) is 25.2. The van der Waals surface area contributed by atoms with Gasteiger partial charge in [-0.2, -0.15) is 4.31 Å². The Morgan fingerprint density at radius 3 is 2.63 bits per heavy atom. The molecule has 208 valence electrons. The summed E-state index contributed by atoms with van der Waals surface area (Å²) in [5.41, 5.74) is 1.85. The van der Waals surface area contributed by atoms with E-state index in [2.05, 4.69) is 4.90 Å². The van der Waals surface area contributed by atoms with Crippen LogP contribution >= 0.6 is 46.7 Å². The van der Waals surface area contributed by atoms with E-state index >= 15 is 0 Å². The molecule has 0 aliphatic carbocycles. The van der Waals surface area contributed by atoms with Crippen molar-refractivity contribution in [3.63, 3.8) is 0 Å². The van der Waals surface area contributed by atoms with E-state index in [4.69, 9.17) is 21.3 Å². The first-order valence-electron chi connectivity index (χ1n) is 12.5. The highest BCUT2D eigenvalue weighted by molar-refractivity contribution is 7.91. The van der Waals surface area contributed by atoms with Crippen molar-refractivity contribution < 1.29 is 17.9 Å². The number of carbonyl (C=O) groups excluding carboxylic acids is 1. The number of fused-ring (bicyclic) bond motifs is 1. The number of halogens is 2. The second-order valence-electron chi connectivity index (χ2n) is 9.47. The van der Waals surface area contributed by atoms with Crippen molar-refractivity contribution in [2.24, 2.45) is 5.92 Å². The summed E-state index contributed by atoms with van der Waals surface area (Å²) in [7, 11) is -3.50. The van der Waals surface area contributed by atoms with Gasteiger partial charge in [0.2, 0.25) is 5.91 Å². The van der Waals surface area contributed by atoms with Gasteiger partial charge in [0.1, 0.15) is 4.21 Å². The minimum atomic E-state index is -3.50. The molecule has 0 N–H and O–H groups in total. The van der Waals surface area contributed by atoms with E-state index in [0.717, 1.165) is 55.0 Å². The maximum atomic E-state index is 13.9. The van der Waals surface area contributed by atoms with Crippen LogP contribution < -0.4 is 4.90 Å². The van der Waals surface area contributed by atoms with Gasteiger partial charge in [-0.15, -0.1) is 23.7 Å². The minimum Gasteiger partial charge on any atom is -0.379 e. The molecule has 1 aromatic carbocycles. The molecule has 2 fully saturated rings. The summed E-state index contributed by atoms with van der Waals surface area (Å²) in [6, 6.07) is 7.17. The summed E-state index contributed by atoms with van der Waals surface area (Å²) in [5, 5.41) is 3.11. The normalized spacial score (nSPS) is 17.9. The van der Waals surface area contributed by atoms with Gasteiger partial charge < -0.3 is 4.74 Å². The molecule has 8 nitrogen and oxygen atoms in total. The zero-order chi connectivity index (χ0) is 26.0. The van der Waals surface area contributed by atoms with Crippen LogP contribution in [0.1, 0.15) is 24.8 Å². The number of hydrogen-bond donors (Lipinski definition) is 0. The highest BCUT2D eigenvalue weighted by atomic mass is 35.5. The Morgan fingerprint density at radius 2 is 1.95 bits per heavy atom. The molecule has 0 saturated carbocycles. The zero-order valence-electron chi connectivity index (χ0n) is 21.2. The van der Waals surface area contributed by atoms with Gasteiger partial charge in [0.15, 0.2) is 5.13 Å².